The minimum absolute atomic E-state index is 0.0583. The van der Waals surface area contributed by atoms with Gasteiger partial charge in [-0.3, -0.25) is 14.4 Å². The predicted molar refractivity (Wildman–Crippen MR) is 145 cm³/mol. The predicted octanol–water partition coefficient (Wildman–Crippen LogP) is 0.855. The van der Waals surface area contributed by atoms with E-state index in [1.807, 2.05) is 24.3 Å². The molecule has 0 aliphatic rings. The van der Waals surface area contributed by atoms with Crippen LogP contribution >= 0.6 is 0 Å². The molecule has 12 heteroatoms. The van der Waals surface area contributed by atoms with Gasteiger partial charge in [0.05, 0.1) is 12.4 Å². The van der Waals surface area contributed by atoms with Crippen LogP contribution < -0.4 is 21.7 Å². The largest absolute Gasteiger partial charge is 0.480 e. The van der Waals surface area contributed by atoms with Crippen molar-refractivity contribution in [2.24, 2.45) is 17.6 Å². The Hall–Kier alpha value is -4.19. The molecule has 0 aliphatic heterocycles. The second-order valence-corrected chi connectivity index (χ2v) is 10.3. The van der Waals surface area contributed by atoms with Crippen LogP contribution in [0.3, 0.4) is 0 Å². The summed E-state index contributed by atoms with van der Waals surface area (Å²) in [5, 5.41) is 18.6. The van der Waals surface area contributed by atoms with E-state index in [0.29, 0.717) is 5.69 Å². The van der Waals surface area contributed by atoms with Crippen molar-refractivity contribution in [1.82, 2.24) is 30.9 Å². The summed E-state index contributed by atoms with van der Waals surface area (Å²) in [6.45, 7) is 7.00. The fourth-order valence-electron chi connectivity index (χ4n) is 4.28. The van der Waals surface area contributed by atoms with Gasteiger partial charge in [-0.15, -0.1) is 0 Å². The van der Waals surface area contributed by atoms with Crippen LogP contribution in [0, 0.1) is 11.8 Å². The van der Waals surface area contributed by atoms with Gasteiger partial charge < -0.3 is 36.8 Å². The second-order valence-electron chi connectivity index (χ2n) is 10.3. The van der Waals surface area contributed by atoms with Crippen LogP contribution in [0.25, 0.3) is 10.9 Å². The Kier molecular flexibility index (Phi) is 9.83. The number of fused-ring (bicyclic) bond motifs is 1. The highest BCUT2D eigenvalue weighted by Gasteiger charge is 2.33. The number of aromatic amines is 2. The number of amides is 3. The number of carboxylic acids is 1. The first kappa shape index (κ1) is 29.4. The van der Waals surface area contributed by atoms with Gasteiger partial charge in [0.1, 0.15) is 18.1 Å². The number of carbonyl (C=O) groups excluding carboxylic acids is 3. The number of carboxylic acid groups (broad SMARTS) is 1. The van der Waals surface area contributed by atoms with Crippen LogP contribution in [0.1, 0.15) is 39.0 Å². The highest BCUT2D eigenvalue weighted by Crippen LogP contribution is 2.19. The van der Waals surface area contributed by atoms with Gasteiger partial charge in [-0.2, -0.15) is 0 Å². The van der Waals surface area contributed by atoms with Crippen molar-refractivity contribution in [3.05, 3.63) is 54.2 Å². The first-order valence-electron chi connectivity index (χ1n) is 12.9. The van der Waals surface area contributed by atoms with Crippen LogP contribution in [0.5, 0.6) is 0 Å². The zero-order valence-corrected chi connectivity index (χ0v) is 22.5. The van der Waals surface area contributed by atoms with Gasteiger partial charge in [-0.25, -0.2) is 9.78 Å². The first-order chi connectivity index (χ1) is 18.5. The highest BCUT2D eigenvalue weighted by atomic mass is 16.4. The Morgan fingerprint density at radius 3 is 2.10 bits per heavy atom. The van der Waals surface area contributed by atoms with E-state index in [4.69, 9.17) is 5.73 Å². The number of aliphatic carboxylic acids is 1. The molecule has 8 N–H and O–H groups in total. The highest BCUT2D eigenvalue weighted by molar-refractivity contribution is 5.94. The van der Waals surface area contributed by atoms with Gasteiger partial charge in [0.2, 0.25) is 17.7 Å². The number of H-pyrrole nitrogens is 2. The third-order valence-electron chi connectivity index (χ3n) is 6.54. The molecule has 4 unspecified atom stereocenters. The van der Waals surface area contributed by atoms with Gasteiger partial charge in [-0.1, -0.05) is 45.9 Å². The molecular weight excluding hydrogens is 502 g/mol. The molecule has 0 spiro atoms. The summed E-state index contributed by atoms with van der Waals surface area (Å²) < 4.78 is 0. The molecule has 210 valence electrons. The van der Waals surface area contributed by atoms with Crippen LogP contribution in [0.2, 0.25) is 0 Å². The molecule has 1 aromatic carbocycles. The lowest BCUT2D eigenvalue weighted by molar-refractivity contribution is -0.142. The Bertz CT molecular complexity index is 1280. The topological polar surface area (TPSA) is 195 Å². The molecule has 0 saturated heterocycles. The molecule has 0 saturated carbocycles. The van der Waals surface area contributed by atoms with Gasteiger partial charge in [0.15, 0.2) is 0 Å². The summed E-state index contributed by atoms with van der Waals surface area (Å²) in [4.78, 5) is 61.1. The lowest BCUT2D eigenvalue weighted by Gasteiger charge is -2.28. The Labute approximate surface area is 226 Å². The van der Waals surface area contributed by atoms with Crippen molar-refractivity contribution >= 4 is 34.6 Å². The van der Waals surface area contributed by atoms with E-state index in [2.05, 4.69) is 30.9 Å². The normalized spacial score (nSPS) is 14.5. The maximum Gasteiger partial charge on any atom is 0.326 e. The minimum Gasteiger partial charge on any atom is -0.480 e. The molecule has 3 amide bonds. The van der Waals surface area contributed by atoms with Gasteiger partial charge >= 0.3 is 5.97 Å². The average Bonchev–Trinajstić information content (AvgIpc) is 3.54. The average molecular weight is 540 g/mol. The third-order valence-corrected chi connectivity index (χ3v) is 6.54. The van der Waals surface area contributed by atoms with Gasteiger partial charge in [0.25, 0.3) is 0 Å². The molecule has 0 radical (unpaired) electrons. The fourth-order valence-corrected chi connectivity index (χ4v) is 4.28. The molecule has 2 aromatic heterocycles. The van der Waals surface area contributed by atoms with E-state index in [0.717, 1.165) is 16.5 Å². The quantitative estimate of drug-likeness (QED) is 0.167. The maximum atomic E-state index is 13.2. The molecule has 3 aromatic rings. The third kappa shape index (κ3) is 7.66. The van der Waals surface area contributed by atoms with E-state index < -0.39 is 47.9 Å². The van der Waals surface area contributed by atoms with Gasteiger partial charge in [0, 0.05) is 41.8 Å². The summed E-state index contributed by atoms with van der Waals surface area (Å²) in [6.07, 6.45) is 5.04. The number of carbonyl (C=O) groups is 4. The van der Waals surface area contributed by atoms with E-state index >= 15 is 0 Å². The van der Waals surface area contributed by atoms with Crippen molar-refractivity contribution in [2.75, 3.05) is 0 Å². The van der Waals surface area contributed by atoms with E-state index in [1.54, 1.807) is 40.1 Å². The Balaban J connectivity index is 1.67. The molecule has 12 nitrogen and oxygen atoms in total. The Morgan fingerprint density at radius 1 is 0.897 bits per heavy atom. The number of hydrogen-bond donors (Lipinski definition) is 7. The van der Waals surface area contributed by atoms with Crippen molar-refractivity contribution in [2.45, 2.75) is 64.7 Å². The van der Waals surface area contributed by atoms with Crippen molar-refractivity contribution in [3.8, 4) is 0 Å². The van der Waals surface area contributed by atoms with Crippen LogP contribution in [-0.2, 0) is 32.0 Å². The molecule has 39 heavy (non-hydrogen) atoms. The van der Waals surface area contributed by atoms with Crippen molar-refractivity contribution in [1.29, 1.82) is 0 Å². The summed E-state index contributed by atoms with van der Waals surface area (Å²) in [6, 6.07) is 3.37. The molecule has 4 atom stereocenters. The second kappa shape index (κ2) is 13.1. The van der Waals surface area contributed by atoms with E-state index in [-0.39, 0.29) is 24.7 Å². The standard InChI is InChI=1S/C27H37N7O5/c1-14(2)22(25(36)32-21(27(38)39)9-16-11-30-20-8-6-5-7-18(16)20)34-26(37)23(15(3)4)33-24(35)19(28)10-17-12-29-13-31-17/h5-8,11-15,19,21-23,30H,9-10,28H2,1-4H3,(H,29,31)(H,32,36)(H,33,35)(H,34,37)(H,38,39). The molecular formula is C27H37N7O5. The lowest BCUT2D eigenvalue weighted by Crippen LogP contribution is -2.59. The zero-order chi connectivity index (χ0) is 28.7. The number of benzene rings is 1. The molecule has 0 aliphatic carbocycles. The van der Waals surface area contributed by atoms with Crippen molar-refractivity contribution < 1.29 is 24.3 Å². The number of rotatable bonds is 13. The maximum absolute atomic E-state index is 13.2. The minimum atomic E-state index is -1.21. The number of nitrogens with zero attached hydrogens (tertiary/aromatic N) is 1. The van der Waals surface area contributed by atoms with Crippen LogP contribution in [0.15, 0.2) is 43.0 Å². The number of nitrogens with one attached hydrogen (secondary N) is 5. The number of para-hydroxylation sites is 1. The first-order valence-corrected chi connectivity index (χ1v) is 12.9. The van der Waals surface area contributed by atoms with E-state index in [9.17, 15) is 24.3 Å². The SMILES string of the molecule is CC(C)C(NC(=O)C(N)Cc1cnc[nH]1)C(=O)NC(C(=O)NC(Cc1c[nH]c2ccccc12)C(=O)O)C(C)C. The molecule has 3 rings (SSSR count). The zero-order valence-electron chi connectivity index (χ0n) is 22.5. The summed E-state index contributed by atoms with van der Waals surface area (Å²) in [5.41, 5.74) is 8.31. The van der Waals surface area contributed by atoms with Crippen LogP contribution in [-0.4, -0.2) is 67.9 Å². The monoisotopic (exact) mass is 539 g/mol. The number of aromatic nitrogens is 3. The Morgan fingerprint density at radius 2 is 1.51 bits per heavy atom. The van der Waals surface area contributed by atoms with Gasteiger partial charge in [-0.05, 0) is 23.5 Å². The summed E-state index contributed by atoms with van der Waals surface area (Å²) in [7, 11) is 0. The molecule has 2 heterocycles. The molecule has 0 bridgehead atoms. The number of imidazole rings is 1. The number of hydrogen-bond acceptors (Lipinski definition) is 6. The van der Waals surface area contributed by atoms with E-state index in [1.165, 1.54) is 6.33 Å². The summed E-state index contributed by atoms with van der Waals surface area (Å²) >= 11 is 0. The van der Waals surface area contributed by atoms with Crippen LogP contribution in [0.4, 0.5) is 0 Å². The summed E-state index contributed by atoms with van der Waals surface area (Å²) in [5.74, 6) is -3.57. The fraction of sp³-hybridized carbons (Fsp3) is 0.444. The van der Waals surface area contributed by atoms with Crippen molar-refractivity contribution in [3.63, 3.8) is 0 Å². The lowest BCUT2D eigenvalue weighted by atomic mass is 9.98. The smallest absolute Gasteiger partial charge is 0.326 e. The molecule has 0 fully saturated rings. The number of nitrogens with two attached hydrogens (primary N) is 1.